The monoisotopic (exact) mass is 476 g/mol. The summed E-state index contributed by atoms with van der Waals surface area (Å²) in [5.41, 5.74) is 5.47. The zero-order chi connectivity index (χ0) is 25.7. The minimum Gasteiger partial charge on any atom is -0.473 e. The van der Waals surface area contributed by atoms with Crippen molar-refractivity contribution in [1.82, 2.24) is 15.0 Å². The summed E-state index contributed by atoms with van der Waals surface area (Å²) in [5, 5.41) is 20.4. The van der Waals surface area contributed by atoms with E-state index < -0.39 is 21.5 Å². The molecule has 3 aromatic heterocycles. The maximum absolute atomic E-state index is 12.3. The molecule has 13 heteroatoms. The van der Waals surface area contributed by atoms with Gasteiger partial charge >= 0.3 is 11.4 Å². The number of anilines is 1. The van der Waals surface area contributed by atoms with Crippen LogP contribution in [0.4, 0.5) is 21.5 Å². The maximum Gasteiger partial charge on any atom is 0.330 e. The quantitative estimate of drug-likeness (QED) is 0.306. The molecule has 2 N–H and O–H groups in total. The zero-order valence-electron chi connectivity index (χ0n) is 19.0. The second-order valence-corrected chi connectivity index (χ2v) is 6.89. The molecule has 0 aliphatic rings. The number of hydrogen-bond acceptors (Lipinski definition) is 10. The van der Waals surface area contributed by atoms with Crippen LogP contribution >= 0.6 is 0 Å². The summed E-state index contributed by atoms with van der Waals surface area (Å²) in [4.78, 5) is 29.9. The summed E-state index contributed by atoms with van der Waals surface area (Å²) in [6.07, 6.45) is 4.28. The SMILES string of the molecule is CC(C)Oc1ncccc1N.CC(C)Oc1ncccc1[N+](=O)[O-].O=[N+]([O-])c1cccnc1F. The molecule has 3 heterocycles. The Bertz CT molecular complexity index is 1080. The van der Waals surface area contributed by atoms with Gasteiger partial charge in [-0.3, -0.25) is 20.2 Å². The van der Waals surface area contributed by atoms with E-state index >= 15 is 0 Å². The van der Waals surface area contributed by atoms with Gasteiger partial charge in [0.1, 0.15) is 0 Å². The predicted octanol–water partition coefficient (Wildman–Crippen LogP) is 4.36. The van der Waals surface area contributed by atoms with Crippen LogP contribution in [0.15, 0.2) is 55.0 Å². The lowest BCUT2D eigenvalue weighted by atomic mass is 10.4. The van der Waals surface area contributed by atoms with E-state index in [1.165, 1.54) is 24.4 Å². The molecule has 0 saturated carbocycles. The Hall–Kier alpha value is -4.42. The van der Waals surface area contributed by atoms with Crippen molar-refractivity contribution in [2.45, 2.75) is 39.9 Å². The third-order valence-corrected chi connectivity index (χ3v) is 3.38. The Morgan fingerprint density at radius 2 is 1.24 bits per heavy atom. The number of nitrogens with two attached hydrogens (primary N) is 1. The summed E-state index contributed by atoms with van der Waals surface area (Å²) in [5.74, 6) is -0.461. The predicted molar refractivity (Wildman–Crippen MR) is 122 cm³/mol. The highest BCUT2D eigenvalue weighted by atomic mass is 19.1. The van der Waals surface area contributed by atoms with Crippen molar-refractivity contribution in [3.05, 3.63) is 81.2 Å². The Kier molecular flexibility index (Phi) is 11.3. The highest BCUT2D eigenvalue weighted by Gasteiger charge is 2.16. The average molecular weight is 476 g/mol. The molecule has 3 aromatic rings. The van der Waals surface area contributed by atoms with Gasteiger partial charge in [0.2, 0.25) is 5.88 Å². The molecule has 0 fully saturated rings. The molecular formula is C21H25FN6O6. The van der Waals surface area contributed by atoms with Crippen LogP contribution in [-0.2, 0) is 0 Å². The van der Waals surface area contributed by atoms with Crippen molar-refractivity contribution < 1.29 is 23.7 Å². The molecule has 0 amide bonds. The van der Waals surface area contributed by atoms with E-state index in [-0.39, 0.29) is 23.8 Å². The summed E-state index contributed by atoms with van der Waals surface area (Å²) in [7, 11) is 0. The highest BCUT2D eigenvalue weighted by Crippen LogP contribution is 2.23. The fraction of sp³-hybridized carbons (Fsp3) is 0.286. The lowest BCUT2D eigenvalue weighted by Gasteiger charge is -2.09. The van der Waals surface area contributed by atoms with E-state index in [4.69, 9.17) is 15.2 Å². The van der Waals surface area contributed by atoms with Crippen LogP contribution < -0.4 is 15.2 Å². The molecule has 182 valence electrons. The smallest absolute Gasteiger partial charge is 0.330 e. The van der Waals surface area contributed by atoms with E-state index in [1.54, 1.807) is 32.2 Å². The minimum absolute atomic E-state index is 0.0718. The molecule has 34 heavy (non-hydrogen) atoms. The summed E-state index contributed by atoms with van der Waals surface area (Å²) in [6, 6.07) is 8.78. The summed E-state index contributed by atoms with van der Waals surface area (Å²) < 4.78 is 22.8. The third kappa shape index (κ3) is 9.80. The second-order valence-electron chi connectivity index (χ2n) is 6.89. The van der Waals surface area contributed by atoms with Gasteiger partial charge in [0.25, 0.3) is 11.8 Å². The van der Waals surface area contributed by atoms with Gasteiger partial charge in [0, 0.05) is 30.7 Å². The lowest BCUT2D eigenvalue weighted by Crippen LogP contribution is -2.08. The van der Waals surface area contributed by atoms with Crippen LogP contribution in [0.3, 0.4) is 0 Å². The Morgan fingerprint density at radius 1 is 0.794 bits per heavy atom. The van der Waals surface area contributed by atoms with E-state index in [2.05, 4.69) is 15.0 Å². The average Bonchev–Trinajstić information content (AvgIpc) is 2.76. The largest absolute Gasteiger partial charge is 0.473 e. The third-order valence-electron chi connectivity index (χ3n) is 3.38. The van der Waals surface area contributed by atoms with Crippen LogP contribution in [0.2, 0.25) is 0 Å². The van der Waals surface area contributed by atoms with E-state index in [1.807, 2.05) is 13.8 Å². The number of rotatable bonds is 6. The highest BCUT2D eigenvalue weighted by molar-refractivity contribution is 5.46. The number of hydrogen-bond donors (Lipinski definition) is 1. The molecule has 0 spiro atoms. The number of nitrogen functional groups attached to an aromatic ring is 1. The summed E-state index contributed by atoms with van der Waals surface area (Å²) in [6.45, 7) is 7.46. The first-order chi connectivity index (χ1) is 16.0. The molecule has 0 atom stereocenters. The van der Waals surface area contributed by atoms with Crippen LogP contribution in [-0.4, -0.2) is 37.0 Å². The number of halogens is 1. The number of nitrogens with zero attached hydrogens (tertiary/aromatic N) is 5. The fourth-order valence-electron chi connectivity index (χ4n) is 2.07. The topological polar surface area (TPSA) is 169 Å². The van der Waals surface area contributed by atoms with Gasteiger partial charge in [-0.15, -0.1) is 0 Å². The molecule has 0 bridgehead atoms. The van der Waals surface area contributed by atoms with Gasteiger partial charge in [0.15, 0.2) is 0 Å². The maximum atomic E-state index is 12.3. The van der Waals surface area contributed by atoms with Gasteiger partial charge in [0.05, 0.1) is 27.7 Å². The van der Waals surface area contributed by atoms with Gasteiger partial charge in [-0.1, -0.05) is 0 Å². The molecule has 0 aromatic carbocycles. The zero-order valence-corrected chi connectivity index (χ0v) is 19.0. The molecule has 0 radical (unpaired) electrons. The van der Waals surface area contributed by atoms with Crippen molar-refractivity contribution in [1.29, 1.82) is 0 Å². The van der Waals surface area contributed by atoms with Crippen molar-refractivity contribution in [3.8, 4) is 11.8 Å². The summed E-state index contributed by atoms with van der Waals surface area (Å²) >= 11 is 0. The van der Waals surface area contributed by atoms with Crippen molar-refractivity contribution in [3.63, 3.8) is 0 Å². The fourth-order valence-corrected chi connectivity index (χ4v) is 2.07. The first-order valence-corrected chi connectivity index (χ1v) is 9.91. The molecule has 0 saturated heterocycles. The van der Waals surface area contributed by atoms with Crippen LogP contribution in [0, 0.1) is 26.2 Å². The molecule has 0 unspecified atom stereocenters. The Balaban J connectivity index is 0.000000257. The minimum atomic E-state index is -1.05. The Labute approximate surface area is 194 Å². The number of ether oxygens (including phenoxy) is 2. The first kappa shape index (κ1) is 27.6. The van der Waals surface area contributed by atoms with Gasteiger partial charge in [-0.2, -0.15) is 4.39 Å². The Morgan fingerprint density at radius 3 is 1.68 bits per heavy atom. The van der Waals surface area contributed by atoms with E-state index in [0.717, 1.165) is 12.3 Å². The number of pyridine rings is 3. The first-order valence-electron chi connectivity index (χ1n) is 9.91. The van der Waals surface area contributed by atoms with Gasteiger partial charge in [-0.05, 0) is 52.0 Å². The molecule has 12 nitrogen and oxygen atoms in total. The second kappa shape index (κ2) is 13.9. The molecule has 3 rings (SSSR count). The standard InChI is InChI=1S/C8H10N2O3.C8H12N2O.C5H3FN2O2/c1-6(2)13-8-7(10(11)12)4-3-5-9-8;1-6(2)11-8-7(9)4-3-5-10-8;6-5-4(8(9)10)2-1-3-7-5/h3-6H,1-2H3;3-6H,9H2,1-2H3;1-3H. The van der Waals surface area contributed by atoms with Crippen LogP contribution in [0.5, 0.6) is 11.8 Å². The van der Waals surface area contributed by atoms with Gasteiger partial charge < -0.3 is 15.2 Å². The van der Waals surface area contributed by atoms with Crippen molar-refractivity contribution in [2.75, 3.05) is 5.73 Å². The van der Waals surface area contributed by atoms with Crippen molar-refractivity contribution in [2.24, 2.45) is 0 Å². The van der Waals surface area contributed by atoms with Crippen molar-refractivity contribution >= 4 is 17.1 Å². The van der Waals surface area contributed by atoms with Gasteiger partial charge in [-0.25, -0.2) is 15.0 Å². The van der Waals surface area contributed by atoms with E-state index in [0.29, 0.717) is 11.6 Å². The number of nitro groups is 2. The molecule has 0 aliphatic carbocycles. The normalized spacial score (nSPS) is 9.85. The molecular weight excluding hydrogens is 451 g/mol. The van der Waals surface area contributed by atoms with Crippen LogP contribution in [0.1, 0.15) is 27.7 Å². The number of aromatic nitrogens is 3. The van der Waals surface area contributed by atoms with Crippen LogP contribution in [0.25, 0.3) is 0 Å². The van der Waals surface area contributed by atoms with E-state index in [9.17, 15) is 24.6 Å². The lowest BCUT2D eigenvalue weighted by molar-refractivity contribution is -0.388. The molecule has 0 aliphatic heterocycles.